The summed E-state index contributed by atoms with van der Waals surface area (Å²) in [6.07, 6.45) is -0.103. The molecule has 16 heavy (non-hydrogen) atoms. The van der Waals surface area contributed by atoms with Crippen molar-refractivity contribution in [1.29, 1.82) is 0 Å². The van der Waals surface area contributed by atoms with E-state index in [9.17, 15) is 4.39 Å². The number of benzene rings is 1. The minimum Gasteiger partial charge on any atom is -0.487 e. The maximum Gasteiger partial charge on any atom is 0.134 e. The van der Waals surface area contributed by atoms with E-state index in [1.165, 1.54) is 12.1 Å². The van der Waals surface area contributed by atoms with Crippen LogP contribution in [0.2, 0.25) is 0 Å². The fourth-order valence-electron chi connectivity index (χ4n) is 1.30. The molecule has 0 saturated heterocycles. The predicted octanol–water partition coefficient (Wildman–Crippen LogP) is 3.34. The SMILES string of the molecule is CC(C)(C)C(CN)Oc1ccc(F)cc1Br. The van der Waals surface area contributed by atoms with Crippen molar-refractivity contribution in [3.05, 3.63) is 28.5 Å². The fourth-order valence-corrected chi connectivity index (χ4v) is 1.75. The average molecular weight is 290 g/mol. The third kappa shape index (κ3) is 3.46. The minimum atomic E-state index is -0.292. The molecule has 0 spiro atoms. The zero-order valence-electron chi connectivity index (χ0n) is 9.76. The zero-order valence-corrected chi connectivity index (χ0v) is 11.3. The lowest BCUT2D eigenvalue weighted by atomic mass is 9.89. The summed E-state index contributed by atoms with van der Waals surface area (Å²) >= 11 is 3.27. The van der Waals surface area contributed by atoms with Crippen molar-refractivity contribution in [3.8, 4) is 5.75 Å². The highest BCUT2D eigenvalue weighted by Crippen LogP contribution is 2.30. The second-order valence-corrected chi connectivity index (χ2v) is 5.64. The molecule has 2 nitrogen and oxygen atoms in total. The van der Waals surface area contributed by atoms with Gasteiger partial charge in [-0.05, 0) is 34.1 Å². The van der Waals surface area contributed by atoms with Crippen molar-refractivity contribution < 1.29 is 9.13 Å². The summed E-state index contributed by atoms with van der Waals surface area (Å²) in [5.74, 6) is 0.325. The van der Waals surface area contributed by atoms with E-state index in [-0.39, 0.29) is 17.3 Å². The highest BCUT2D eigenvalue weighted by Gasteiger charge is 2.25. The number of ether oxygens (including phenoxy) is 1. The molecule has 0 radical (unpaired) electrons. The molecule has 4 heteroatoms. The fraction of sp³-hybridized carbons (Fsp3) is 0.500. The van der Waals surface area contributed by atoms with Gasteiger partial charge < -0.3 is 10.5 Å². The van der Waals surface area contributed by atoms with Crippen molar-refractivity contribution in [2.75, 3.05) is 6.54 Å². The minimum absolute atomic E-state index is 0.0530. The number of halogens is 2. The lowest BCUT2D eigenvalue weighted by molar-refractivity contribution is 0.0933. The number of hydrogen-bond donors (Lipinski definition) is 1. The molecule has 1 aromatic carbocycles. The van der Waals surface area contributed by atoms with E-state index in [2.05, 4.69) is 36.7 Å². The molecule has 0 heterocycles. The summed E-state index contributed by atoms with van der Waals surface area (Å²) < 4.78 is 19.3. The molecule has 0 aliphatic carbocycles. The molecule has 1 unspecified atom stereocenters. The molecule has 0 saturated carbocycles. The Hall–Kier alpha value is -0.610. The van der Waals surface area contributed by atoms with E-state index >= 15 is 0 Å². The van der Waals surface area contributed by atoms with Crippen LogP contribution in [0.5, 0.6) is 5.75 Å². The molecule has 1 rings (SSSR count). The Kier molecular flexibility index (Phi) is 4.33. The van der Waals surface area contributed by atoms with Gasteiger partial charge in [0.05, 0.1) is 4.47 Å². The lowest BCUT2D eigenvalue weighted by Crippen LogP contribution is -2.38. The van der Waals surface area contributed by atoms with Crippen LogP contribution in [-0.2, 0) is 0 Å². The largest absolute Gasteiger partial charge is 0.487 e. The summed E-state index contributed by atoms with van der Waals surface area (Å²) in [7, 11) is 0. The van der Waals surface area contributed by atoms with Gasteiger partial charge in [0.15, 0.2) is 0 Å². The van der Waals surface area contributed by atoms with Gasteiger partial charge in [-0.3, -0.25) is 0 Å². The summed E-state index contributed by atoms with van der Waals surface area (Å²) in [5, 5.41) is 0. The Morgan fingerprint density at radius 3 is 2.50 bits per heavy atom. The van der Waals surface area contributed by atoms with Gasteiger partial charge in [0.2, 0.25) is 0 Å². The Morgan fingerprint density at radius 1 is 1.44 bits per heavy atom. The van der Waals surface area contributed by atoms with Gasteiger partial charge in [0.25, 0.3) is 0 Å². The molecule has 0 bridgehead atoms. The maximum atomic E-state index is 12.9. The number of nitrogens with two attached hydrogens (primary N) is 1. The normalized spacial score (nSPS) is 13.6. The van der Waals surface area contributed by atoms with Crippen LogP contribution in [0.3, 0.4) is 0 Å². The molecule has 0 aliphatic heterocycles. The molecular weight excluding hydrogens is 273 g/mol. The van der Waals surface area contributed by atoms with Crippen LogP contribution in [-0.4, -0.2) is 12.6 Å². The molecule has 0 aliphatic rings. The smallest absolute Gasteiger partial charge is 0.134 e. The van der Waals surface area contributed by atoms with Gasteiger partial charge in [-0.1, -0.05) is 20.8 Å². The molecule has 0 fully saturated rings. The van der Waals surface area contributed by atoms with Gasteiger partial charge in [0, 0.05) is 12.0 Å². The predicted molar refractivity (Wildman–Crippen MR) is 67.0 cm³/mol. The van der Waals surface area contributed by atoms with Crippen molar-refractivity contribution in [1.82, 2.24) is 0 Å². The Bertz CT molecular complexity index is 363. The van der Waals surface area contributed by atoms with E-state index in [0.29, 0.717) is 16.8 Å². The zero-order chi connectivity index (χ0) is 12.3. The molecule has 0 amide bonds. The summed E-state index contributed by atoms with van der Waals surface area (Å²) in [4.78, 5) is 0. The van der Waals surface area contributed by atoms with Gasteiger partial charge in [-0.25, -0.2) is 4.39 Å². The first-order valence-corrected chi connectivity index (χ1v) is 5.95. The van der Waals surface area contributed by atoms with Crippen molar-refractivity contribution in [3.63, 3.8) is 0 Å². The third-order valence-electron chi connectivity index (χ3n) is 2.34. The van der Waals surface area contributed by atoms with E-state index < -0.39 is 0 Å². The van der Waals surface area contributed by atoms with Crippen LogP contribution in [0.25, 0.3) is 0 Å². The quantitative estimate of drug-likeness (QED) is 0.926. The van der Waals surface area contributed by atoms with Crippen LogP contribution < -0.4 is 10.5 Å². The second kappa shape index (κ2) is 5.15. The van der Waals surface area contributed by atoms with Crippen molar-refractivity contribution in [2.24, 2.45) is 11.1 Å². The number of rotatable bonds is 3. The summed E-state index contributed by atoms with van der Waals surface area (Å²) in [6, 6.07) is 4.36. The third-order valence-corrected chi connectivity index (χ3v) is 2.96. The first-order valence-electron chi connectivity index (χ1n) is 5.16. The first-order chi connectivity index (χ1) is 7.34. The van der Waals surface area contributed by atoms with Gasteiger partial charge in [0.1, 0.15) is 17.7 Å². The van der Waals surface area contributed by atoms with Gasteiger partial charge >= 0.3 is 0 Å². The molecule has 0 aromatic heterocycles. The van der Waals surface area contributed by atoms with E-state index in [4.69, 9.17) is 10.5 Å². The van der Waals surface area contributed by atoms with E-state index in [0.717, 1.165) is 0 Å². The lowest BCUT2D eigenvalue weighted by Gasteiger charge is -2.30. The highest BCUT2D eigenvalue weighted by atomic mass is 79.9. The Labute approximate surface area is 104 Å². The highest BCUT2D eigenvalue weighted by molar-refractivity contribution is 9.10. The van der Waals surface area contributed by atoms with Gasteiger partial charge in [-0.2, -0.15) is 0 Å². The first kappa shape index (κ1) is 13.5. The van der Waals surface area contributed by atoms with Gasteiger partial charge in [-0.15, -0.1) is 0 Å². The van der Waals surface area contributed by atoms with Crippen LogP contribution in [0, 0.1) is 11.2 Å². The standard InChI is InChI=1S/C12H17BrFNO/c1-12(2,3)11(7-15)16-10-5-4-8(14)6-9(10)13/h4-6,11H,7,15H2,1-3H3. The van der Waals surface area contributed by atoms with Crippen LogP contribution in [0.4, 0.5) is 4.39 Å². The average Bonchev–Trinajstić information content (AvgIpc) is 2.14. The van der Waals surface area contributed by atoms with Crippen LogP contribution >= 0.6 is 15.9 Å². The summed E-state index contributed by atoms with van der Waals surface area (Å²) in [5.41, 5.74) is 5.62. The Balaban J connectivity index is 2.86. The van der Waals surface area contributed by atoms with Crippen LogP contribution in [0.15, 0.2) is 22.7 Å². The van der Waals surface area contributed by atoms with E-state index in [1.54, 1.807) is 6.07 Å². The number of hydrogen-bond acceptors (Lipinski definition) is 2. The van der Waals surface area contributed by atoms with Crippen LogP contribution in [0.1, 0.15) is 20.8 Å². The van der Waals surface area contributed by atoms with Crippen molar-refractivity contribution >= 4 is 15.9 Å². The summed E-state index contributed by atoms with van der Waals surface area (Å²) in [6.45, 7) is 6.60. The topological polar surface area (TPSA) is 35.2 Å². The molecule has 90 valence electrons. The molecule has 1 atom stereocenters. The second-order valence-electron chi connectivity index (χ2n) is 4.78. The monoisotopic (exact) mass is 289 g/mol. The molecular formula is C12H17BrFNO. The Morgan fingerprint density at radius 2 is 2.06 bits per heavy atom. The van der Waals surface area contributed by atoms with E-state index in [1.807, 2.05) is 0 Å². The molecule has 1 aromatic rings. The molecule has 2 N–H and O–H groups in total. The van der Waals surface area contributed by atoms with Crippen molar-refractivity contribution in [2.45, 2.75) is 26.9 Å². The maximum absolute atomic E-state index is 12.9.